The third-order valence-corrected chi connectivity index (χ3v) is 5.62. The SMILES string of the molecule is CN[C@@H](CC(C)C)C(=O)N[C@H]1C[C@@](O)(C(=O)N[C@H]2CCCNC2=O)C[C@@H](O)[C@@H]1O. The molecule has 2 aliphatic rings. The van der Waals surface area contributed by atoms with Crippen LogP contribution < -0.4 is 21.3 Å². The number of rotatable bonds is 7. The minimum absolute atomic E-state index is 0.254. The van der Waals surface area contributed by atoms with E-state index in [2.05, 4.69) is 21.3 Å². The Labute approximate surface area is 170 Å². The van der Waals surface area contributed by atoms with Gasteiger partial charge in [-0.1, -0.05) is 13.8 Å². The van der Waals surface area contributed by atoms with Crippen molar-refractivity contribution in [3.8, 4) is 0 Å². The maximum Gasteiger partial charge on any atom is 0.252 e. The molecule has 10 nitrogen and oxygen atoms in total. The van der Waals surface area contributed by atoms with Gasteiger partial charge in [-0.15, -0.1) is 0 Å². The number of nitrogens with one attached hydrogen (secondary N) is 4. The number of hydrogen-bond donors (Lipinski definition) is 7. The van der Waals surface area contributed by atoms with E-state index >= 15 is 0 Å². The van der Waals surface area contributed by atoms with Gasteiger partial charge in [-0.2, -0.15) is 0 Å². The molecule has 2 rings (SSSR count). The van der Waals surface area contributed by atoms with Crippen molar-refractivity contribution in [1.82, 2.24) is 21.3 Å². The minimum atomic E-state index is -2.01. The molecule has 10 heteroatoms. The summed E-state index contributed by atoms with van der Waals surface area (Å²) in [5, 5.41) is 42.1. The largest absolute Gasteiger partial charge is 0.390 e. The van der Waals surface area contributed by atoms with E-state index in [-0.39, 0.29) is 30.6 Å². The molecule has 1 heterocycles. The zero-order valence-electron chi connectivity index (χ0n) is 17.3. The summed E-state index contributed by atoms with van der Waals surface area (Å²) < 4.78 is 0. The van der Waals surface area contributed by atoms with Gasteiger partial charge in [0, 0.05) is 19.4 Å². The summed E-state index contributed by atoms with van der Waals surface area (Å²) in [5.74, 6) is -1.24. The average molecular weight is 415 g/mol. The number of carbonyl (C=O) groups excluding carboxylic acids is 3. The second kappa shape index (κ2) is 9.84. The summed E-state index contributed by atoms with van der Waals surface area (Å²) in [6.45, 7) is 4.49. The number of amides is 3. The van der Waals surface area contributed by atoms with Gasteiger partial charge < -0.3 is 36.6 Å². The molecule has 1 saturated heterocycles. The molecule has 1 saturated carbocycles. The number of piperidine rings is 1. The Morgan fingerprint density at radius 3 is 2.52 bits per heavy atom. The highest BCUT2D eigenvalue weighted by atomic mass is 16.3. The molecule has 2 fully saturated rings. The second-order valence-corrected chi connectivity index (χ2v) is 8.54. The second-order valence-electron chi connectivity index (χ2n) is 8.54. The lowest BCUT2D eigenvalue weighted by Gasteiger charge is -2.42. The minimum Gasteiger partial charge on any atom is -0.390 e. The molecule has 7 N–H and O–H groups in total. The fraction of sp³-hybridized carbons (Fsp3) is 0.842. The molecule has 166 valence electrons. The number of likely N-dealkylation sites (N-methyl/N-ethyl adjacent to an activating group) is 1. The topological polar surface area (TPSA) is 160 Å². The van der Waals surface area contributed by atoms with Crippen LogP contribution in [0.5, 0.6) is 0 Å². The van der Waals surface area contributed by atoms with Gasteiger partial charge in [0.25, 0.3) is 5.91 Å². The molecule has 0 bridgehead atoms. The highest BCUT2D eigenvalue weighted by Gasteiger charge is 2.50. The summed E-state index contributed by atoms with van der Waals surface area (Å²) in [6.07, 6.45) is -1.65. The Bertz CT molecular complexity index is 616. The van der Waals surface area contributed by atoms with E-state index in [4.69, 9.17) is 0 Å². The lowest BCUT2D eigenvalue weighted by Crippen LogP contribution is -2.65. The van der Waals surface area contributed by atoms with Crippen LogP contribution in [0.4, 0.5) is 0 Å². The number of carbonyl (C=O) groups is 3. The standard InChI is InChI=1S/C19H34N4O6/c1-10(2)7-12(20-3)17(27)22-13-8-19(29,9-14(24)15(13)25)18(28)23-11-5-4-6-21-16(11)26/h10-15,20,24-25,29H,4-9H2,1-3H3,(H,21,26)(H,22,27)(H,23,28)/t11-,12-,13-,14+,15+,19-/m0/s1. The van der Waals surface area contributed by atoms with Gasteiger partial charge in [0.2, 0.25) is 11.8 Å². The van der Waals surface area contributed by atoms with Crippen molar-refractivity contribution in [3.05, 3.63) is 0 Å². The molecule has 0 unspecified atom stereocenters. The van der Waals surface area contributed by atoms with Crippen molar-refractivity contribution in [1.29, 1.82) is 0 Å². The molecule has 0 spiro atoms. The monoisotopic (exact) mass is 414 g/mol. The summed E-state index contributed by atoms with van der Waals surface area (Å²) in [5.41, 5.74) is -2.01. The van der Waals surface area contributed by atoms with Gasteiger partial charge in [0.05, 0.1) is 18.2 Å². The van der Waals surface area contributed by atoms with Crippen LogP contribution in [0.1, 0.15) is 46.0 Å². The molecule has 1 aliphatic carbocycles. The molecule has 0 aromatic heterocycles. The molecular formula is C19H34N4O6. The fourth-order valence-electron chi connectivity index (χ4n) is 3.94. The summed E-state index contributed by atoms with van der Waals surface area (Å²) in [6, 6.07) is -2.27. The van der Waals surface area contributed by atoms with Gasteiger partial charge in [0.15, 0.2) is 0 Å². The summed E-state index contributed by atoms with van der Waals surface area (Å²) >= 11 is 0. The van der Waals surface area contributed by atoms with E-state index < -0.39 is 41.8 Å². The average Bonchev–Trinajstić information content (AvgIpc) is 2.65. The lowest BCUT2D eigenvalue weighted by atomic mass is 9.77. The van der Waals surface area contributed by atoms with Crippen LogP contribution in [0, 0.1) is 5.92 Å². The molecule has 29 heavy (non-hydrogen) atoms. The van der Waals surface area contributed by atoms with Crippen LogP contribution in [0.2, 0.25) is 0 Å². The predicted molar refractivity (Wildman–Crippen MR) is 105 cm³/mol. The lowest BCUT2D eigenvalue weighted by molar-refractivity contribution is -0.161. The maximum atomic E-state index is 12.7. The van der Waals surface area contributed by atoms with E-state index in [9.17, 15) is 29.7 Å². The first-order chi connectivity index (χ1) is 13.6. The van der Waals surface area contributed by atoms with Crippen LogP contribution in [0.15, 0.2) is 0 Å². The maximum absolute atomic E-state index is 12.7. The van der Waals surface area contributed by atoms with Crippen LogP contribution in [-0.2, 0) is 14.4 Å². The number of hydrogen-bond acceptors (Lipinski definition) is 7. The fourth-order valence-corrected chi connectivity index (χ4v) is 3.94. The van der Waals surface area contributed by atoms with Gasteiger partial charge in [-0.3, -0.25) is 14.4 Å². The normalized spacial score (nSPS) is 33.7. The first-order valence-corrected chi connectivity index (χ1v) is 10.2. The Morgan fingerprint density at radius 2 is 1.93 bits per heavy atom. The predicted octanol–water partition coefficient (Wildman–Crippen LogP) is -2.25. The Hall–Kier alpha value is -1.75. The van der Waals surface area contributed by atoms with Gasteiger partial charge in [-0.05, 0) is 32.2 Å². The molecule has 0 aromatic carbocycles. The third-order valence-electron chi connectivity index (χ3n) is 5.62. The van der Waals surface area contributed by atoms with Crippen LogP contribution in [-0.4, -0.2) is 82.6 Å². The summed E-state index contributed by atoms with van der Waals surface area (Å²) in [7, 11) is 1.65. The van der Waals surface area contributed by atoms with E-state index in [1.807, 2.05) is 13.8 Å². The van der Waals surface area contributed by atoms with Gasteiger partial charge in [-0.25, -0.2) is 0 Å². The zero-order chi connectivity index (χ0) is 21.8. The molecular weight excluding hydrogens is 380 g/mol. The Morgan fingerprint density at radius 1 is 1.24 bits per heavy atom. The van der Waals surface area contributed by atoms with Gasteiger partial charge >= 0.3 is 0 Å². The van der Waals surface area contributed by atoms with E-state index in [1.54, 1.807) is 7.05 Å². The highest BCUT2D eigenvalue weighted by Crippen LogP contribution is 2.30. The van der Waals surface area contributed by atoms with Crippen LogP contribution >= 0.6 is 0 Å². The van der Waals surface area contributed by atoms with Crippen molar-refractivity contribution >= 4 is 17.7 Å². The van der Waals surface area contributed by atoms with Crippen LogP contribution in [0.3, 0.4) is 0 Å². The first kappa shape index (κ1) is 23.5. The van der Waals surface area contributed by atoms with Gasteiger partial charge in [0.1, 0.15) is 17.7 Å². The van der Waals surface area contributed by atoms with E-state index in [1.165, 1.54) is 0 Å². The molecule has 1 aliphatic heterocycles. The summed E-state index contributed by atoms with van der Waals surface area (Å²) in [4.78, 5) is 37.1. The Balaban J connectivity index is 2.07. The number of aliphatic hydroxyl groups is 3. The third kappa shape index (κ3) is 5.88. The molecule has 6 atom stereocenters. The smallest absolute Gasteiger partial charge is 0.252 e. The van der Waals surface area contributed by atoms with Crippen molar-refractivity contribution in [2.45, 2.75) is 81.9 Å². The molecule has 0 radical (unpaired) electrons. The molecule has 0 aromatic rings. The Kier molecular flexibility index (Phi) is 7.98. The quantitative estimate of drug-likeness (QED) is 0.248. The van der Waals surface area contributed by atoms with E-state index in [0.717, 1.165) is 0 Å². The van der Waals surface area contributed by atoms with Crippen molar-refractivity contribution < 1.29 is 29.7 Å². The number of aliphatic hydroxyl groups excluding tert-OH is 2. The van der Waals surface area contributed by atoms with Crippen molar-refractivity contribution in [2.75, 3.05) is 13.6 Å². The van der Waals surface area contributed by atoms with Crippen molar-refractivity contribution in [2.24, 2.45) is 5.92 Å². The highest BCUT2D eigenvalue weighted by molar-refractivity contribution is 5.92. The molecule has 3 amide bonds. The first-order valence-electron chi connectivity index (χ1n) is 10.2. The van der Waals surface area contributed by atoms with Crippen molar-refractivity contribution in [3.63, 3.8) is 0 Å². The van der Waals surface area contributed by atoms with E-state index in [0.29, 0.717) is 25.8 Å². The van der Waals surface area contributed by atoms with Crippen LogP contribution in [0.25, 0.3) is 0 Å². The zero-order valence-corrected chi connectivity index (χ0v) is 17.3.